The molecule has 4 heteroatoms. The van der Waals surface area contributed by atoms with Crippen LogP contribution in [0.25, 0.3) is 0 Å². The van der Waals surface area contributed by atoms with Crippen LogP contribution in [0, 0.1) is 0 Å². The van der Waals surface area contributed by atoms with Crippen LogP contribution in [-0.4, -0.2) is 18.2 Å². The van der Waals surface area contributed by atoms with Crippen molar-refractivity contribution in [2.45, 2.75) is 20.1 Å². The van der Waals surface area contributed by atoms with Gasteiger partial charge in [0, 0.05) is 6.61 Å². The first kappa shape index (κ1) is 8.78. The lowest BCUT2D eigenvalue weighted by atomic mass is 10.7. The highest BCUT2D eigenvalue weighted by Gasteiger charge is 2.02. The van der Waals surface area contributed by atoms with Crippen LogP contribution in [0.5, 0.6) is 0 Å². The lowest BCUT2D eigenvalue weighted by Crippen LogP contribution is -2.13. The summed E-state index contributed by atoms with van der Waals surface area (Å²) in [6.45, 7) is 3.99. The summed E-state index contributed by atoms with van der Waals surface area (Å²) in [4.78, 5) is 10.1. The van der Waals surface area contributed by atoms with E-state index in [4.69, 9.17) is 4.74 Å². The van der Waals surface area contributed by atoms with E-state index in [1.54, 1.807) is 6.92 Å². The van der Waals surface area contributed by atoms with Gasteiger partial charge in [0.1, 0.15) is 0 Å². The van der Waals surface area contributed by atoms with Crippen LogP contribution >= 0.6 is 12.6 Å². The fourth-order valence-corrected chi connectivity index (χ4v) is 0.559. The molecule has 0 rings (SSSR count). The summed E-state index contributed by atoms with van der Waals surface area (Å²) in [6.07, 6.45) is -0.486. The molecule has 0 radical (unpaired) electrons. The standard InChI is InChI=1S/C5H10O3S/c1-3-7-4(2)8-5(6)9/h4H,3H2,1-2H3,(H,6,9). The van der Waals surface area contributed by atoms with Crippen molar-refractivity contribution in [2.75, 3.05) is 6.61 Å². The Morgan fingerprint density at radius 1 is 1.78 bits per heavy atom. The van der Waals surface area contributed by atoms with Crippen LogP contribution in [0.1, 0.15) is 13.8 Å². The van der Waals surface area contributed by atoms with Crippen molar-refractivity contribution in [1.82, 2.24) is 0 Å². The molecule has 0 spiro atoms. The molecule has 0 aliphatic carbocycles. The molecule has 0 bridgehead atoms. The molecule has 0 N–H and O–H groups in total. The van der Waals surface area contributed by atoms with E-state index in [0.717, 1.165) is 0 Å². The van der Waals surface area contributed by atoms with Gasteiger partial charge in [0.15, 0.2) is 0 Å². The number of rotatable bonds is 3. The van der Waals surface area contributed by atoms with Gasteiger partial charge in [0.25, 0.3) is 0 Å². The maximum Gasteiger partial charge on any atom is 0.366 e. The second kappa shape index (κ2) is 4.64. The summed E-state index contributed by atoms with van der Waals surface area (Å²) >= 11 is 3.39. The Morgan fingerprint density at radius 3 is 2.67 bits per heavy atom. The van der Waals surface area contributed by atoms with Crippen molar-refractivity contribution in [2.24, 2.45) is 0 Å². The molecule has 0 fully saturated rings. The first-order chi connectivity index (χ1) is 4.16. The van der Waals surface area contributed by atoms with Gasteiger partial charge in [-0.15, -0.1) is 0 Å². The molecule has 0 aliphatic heterocycles. The normalized spacial score (nSPS) is 12.8. The van der Waals surface area contributed by atoms with Gasteiger partial charge in [0.2, 0.25) is 6.29 Å². The fraction of sp³-hybridized carbons (Fsp3) is 0.800. The number of hydrogen-bond acceptors (Lipinski definition) is 3. The van der Waals surface area contributed by atoms with E-state index < -0.39 is 11.6 Å². The average Bonchev–Trinajstić information content (AvgIpc) is 1.63. The molecule has 9 heavy (non-hydrogen) atoms. The molecule has 54 valence electrons. The van der Waals surface area contributed by atoms with Crippen molar-refractivity contribution in [1.29, 1.82) is 0 Å². The predicted octanol–water partition coefficient (Wildman–Crippen LogP) is 1.44. The van der Waals surface area contributed by atoms with Gasteiger partial charge in [-0.1, -0.05) is 12.6 Å². The molecule has 0 aromatic heterocycles. The van der Waals surface area contributed by atoms with Crippen LogP contribution in [0.15, 0.2) is 0 Å². The quantitative estimate of drug-likeness (QED) is 0.375. The Kier molecular flexibility index (Phi) is 4.53. The average molecular weight is 150 g/mol. The molecule has 0 saturated heterocycles. The number of carbonyl (C=O) groups excluding carboxylic acids is 1. The zero-order valence-corrected chi connectivity index (χ0v) is 6.35. The second-order valence-electron chi connectivity index (χ2n) is 1.41. The number of thiol groups is 1. The molecule has 0 heterocycles. The minimum absolute atomic E-state index is 0.486. The fourth-order valence-electron chi connectivity index (χ4n) is 0.411. The molecule has 0 aromatic rings. The van der Waals surface area contributed by atoms with Crippen LogP contribution in [0.2, 0.25) is 0 Å². The van der Waals surface area contributed by atoms with Gasteiger partial charge in [-0.25, -0.2) is 4.79 Å². The van der Waals surface area contributed by atoms with Crippen molar-refractivity contribution in [3.05, 3.63) is 0 Å². The van der Waals surface area contributed by atoms with E-state index >= 15 is 0 Å². The Bertz CT molecular complexity index is 94.2. The molecular weight excluding hydrogens is 140 g/mol. The lowest BCUT2D eigenvalue weighted by Gasteiger charge is -2.09. The summed E-state index contributed by atoms with van der Waals surface area (Å²) in [6, 6.07) is 0. The van der Waals surface area contributed by atoms with Crippen molar-refractivity contribution < 1.29 is 14.3 Å². The van der Waals surface area contributed by atoms with Gasteiger partial charge in [0.05, 0.1) is 0 Å². The maximum absolute atomic E-state index is 10.1. The van der Waals surface area contributed by atoms with E-state index in [0.29, 0.717) is 6.61 Å². The van der Waals surface area contributed by atoms with Crippen molar-refractivity contribution >= 4 is 17.9 Å². The molecule has 0 aliphatic rings. The highest BCUT2D eigenvalue weighted by molar-refractivity contribution is 7.96. The first-order valence-corrected chi connectivity index (χ1v) is 3.12. The predicted molar refractivity (Wildman–Crippen MR) is 36.6 cm³/mol. The number of ether oxygens (including phenoxy) is 2. The Labute approximate surface area is 59.7 Å². The highest BCUT2D eigenvalue weighted by atomic mass is 32.1. The third-order valence-corrected chi connectivity index (χ3v) is 0.774. The Morgan fingerprint density at radius 2 is 2.33 bits per heavy atom. The molecule has 0 saturated carbocycles. The van der Waals surface area contributed by atoms with Crippen molar-refractivity contribution in [3.63, 3.8) is 0 Å². The number of carbonyl (C=O) groups is 1. The summed E-state index contributed by atoms with van der Waals surface area (Å²) in [5, 5.41) is -0.615. The van der Waals surface area contributed by atoms with Gasteiger partial charge in [-0.3, -0.25) is 0 Å². The largest absolute Gasteiger partial charge is 0.428 e. The maximum atomic E-state index is 10.1. The molecule has 3 nitrogen and oxygen atoms in total. The smallest absolute Gasteiger partial charge is 0.366 e. The van der Waals surface area contributed by atoms with E-state index in [1.165, 1.54) is 0 Å². The Balaban J connectivity index is 3.26. The second-order valence-corrected chi connectivity index (χ2v) is 1.77. The zero-order chi connectivity index (χ0) is 7.28. The van der Waals surface area contributed by atoms with Crippen molar-refractivity contribution in [3.8, 4) is 0 Å². The van der Waals surface area contributed by atoms with E-state index in [-0.39, 0.29) is 0 Å². The molecular formula is C5H10O3S. The van der Waals surface area contributed by atoms with E-state index in [9.17, 15) is 4.79 Å². The van der Waals surface area contributed by atoms with Crippen LogP contribution in [0.4, 0.5) is 4.79 Å². The molecule has 0 amide bonds. The summed E-state index contributed by atoms with van der Waals surface area (Å²) in [7, 11) is 0. The first-order valence-electron chi connectivity index (χ1n) is 2.68. The van der Waals surface area contributed by atoms with E-state index in [1.807, 2.05) is 6.92 Å². The third-order valence-electron chi connectivity index (χ3n) is 0.668. The van der Waals surface area contributed by atoms with Crippen LogP contribution in [-0.2, 0) is 9.47 Å². The topological polar surface area (TPSA) is 35.5 Å². The van der Waals surface area contributed by atoms with Gasteiger partial charge < -0.3 is 9.47 Å². The third kappa shape index (κ3) is 5.65. The van der Waals surface area contributed by atoms with Crippen LogP contribution in [0.3, 0.4) is 0 Å². The molecule has 1 atom stereocenters. The molecule has 1 unspecified atom stereocenters. The number of hydrogen-bond donors (Lipinski definition) is 1. The summed E-state index contributed by atoms with van der Waals surface area (Å²) in [5.41, 5.74) is 0. The van der Waals surface area contributed by atoms with Gasteiger partial charge in [-0.05, 0) is 13.8 Å². The monoisotopic (exact) mass is 150 g/mol. The SMILES string of the molecule is CCOC(C)OC(=O)S. The minimum Gasteiger partial charge on any atom is -0.428 e. The van der Waals surface area contributed by atoms with Gasteiger partial charge >= 0.3 is 5.30 Å². The lowest BCUT2D eigenvalue weighted by molar-refractivity contribution is -0.0787. The summed E-state index contributed by atoms with van der Waals surface area (Å²) < 4.78 is 9.35. The van der Waals surface area contributed by atoms with E-state index in [2.05, 4.69) is 17.4 Å². The highest BCUT2D eigenvalue weighted by Crippen LogP contribution is 1.96. The molecule has 0 aromatic carbocycles. The Hall–Kier alpha value is -0.220. The summed E-state index contributed by atoms with van der Waals surface area (Å²) in [5.74, 6) is 0. The zero-order valence-electron chi connectivity index (χ0n) is 5.46. The van der Waals surface area contributed by atoms with Crippen LogP contribution < -0.4 is 0 Å². The minimum atomic E-state index is -0.615. The van der Waals surface area contributed by atoms with Gasteiger partial charge in [-0.2, -0.15) is 0 Å².